The zero-order valence-electron chi connectivity index (χ0n) is 17.9. The number of nitrogens with one attached hydrogen (secondary N) is 3. The first kappa shape index (κ1) is 29.1. The molecule has 0 aromatic heterocycles. The van der Waals surface area contributed by atoms with E-state index >= 15 is 0 Å². The molecule has 31 heavy (non-hydrogen) atoms. The molecular weight excluding hydrogens is 432 g/mol. The van der Waals surface area contributed by atoms with E-state index in [0.717, 1.165) is 0 Å². The van der Waals surface area contributed by atoms with E-state index in [1.54, 1.807) is 6.92 Å². The third-order valence-corrected chi connectivity index (χ3v) is 3.89. The summed E-state index contributed by atoms with van der Waals surface area (Å²) in [7, 11) is 0. The maximum atomic E-state index is 11.6. The SMILES string of the molecule is CCC(=O)NCCOCCOCC(=O)NCCOCCOCC(=O)N[C@H](CS)C(N)=O. The highest BCUT2D eigenvalue weighted by Crippen LogP contribution is 1.88. The van der Waals surface area contributed by atoms with Gasteiger partial charge in [0.15, 0.2) is 0 Å². The lowest BCUT2D eigenvalue weighted by molar-refractivity contribution is -0.130. The van der Waals surface area contributed by atoms with Crippen molar-refractivity contribution in [2.75, 3.05) is 71.7 Å². The maximum Gasteiger partial charge on any atom is 0.246 e. The Morgan fingerprint density at radius 3 is 1.74 bits per heavy atom. The molecule has 0 aliphatic heterocycles. The molecule has 5 N–H and O–H groups in total. The highest BCUT2D eigenvalue weighted by atomic mass is 32.1. The van der Waals surface area contributed by atoms with Crippen molar-refractivity contribution in [3.05, 3.63) is 0 Å². The Morgan fingerprint density at radius 1 is 0.774 bits per heavy atom. The molecule has 0 aliphatic rings. The van der Waals surface area contributed by atoms with Gasteiger partial charge in [0, 0.05) is 25.3 Å². The van der Waals surface area contributed by atoms with Crippen LogP contribution in [0.4, 0.5) is 0 Å². The predicted octanol–water partition coefficient (Wildman–Crippen LogP) is -2.40. The first-order valence-corrected chi connectivity index (χ1v) is 10.6. The van der Waals surface area contributed by atoms with E-state index in [0.29, 0.717) is 32.7 Å². The molecule has 0 spiro atoms. The van der Waals surface area contributed by atoms with E-state index in [4.69, 9.17) is 24.7 Å². The van der Waals surface area contributed by atoms with Crippen molar-refractivity contribution in [2.45, 2.75) is 19.4 Å². The number of carbonyl (C=O) groups excluding carboxylic acids is 4. The molecule has 0 rings (SSSR count). The Morgan fingerprint density at radius 2 is 1.26 bits per heavy atom. The zero-order chi connectivity index (χ0) is 23.3. The van der Waals surface area contributed by atoms with Gasteiger partial charge in [-0.15, -0.1) is 0 Å². The molecule has 0 unspecified atom stereocenters. The van der Waals surface area contributed by atoms with Crippen molar-refractivity contribution < 1.29 is 38.1 Å². The van der Waals surface area contributed by atoms with Gasteiger partial charge in [-0.3, -0.25) is 19.2 Å². The van der Waals surface area contributed by atoms with Crippen LogP contribution in [-0.2, 0) is 38.1 Å². The highest BCUT2D eigenvalue weighted by molar-refractivity contribution is 7.80. The molecule has 0 radical (unpaired) electrons. The van der Waals surface area contributed by atoms with Gasteiger partial charge in [-0.25, -0.2) is 0 Å². The summed E-state index contributed by atoms with van der Waals surface area (Å²) in [6.45, 7) is 3.87. The Kier molecular flexibility index (Phi) is 18.8. The lowest BCUT2D eigenvalue weighted by atomic mass is 10.3. The molecule has 180 valence electrons. The van der Waals surface area contributed by atoms with Gasteiger partial charge in [0.1, 0.15) is 19.3 Å². The van der Waals surface area contributed by atoms with Gasteiger partial charge in [0.2, 0.25) is 23.6 Å². The fourth-order valence-corrected chi connectivity index (χ4v) is 2.18. The Hall–Kier alpha value is -1.93. The van der Waals surface area contributed by atoms with Crippen molar-refractivity contribution in [1.82, 2.24) is 16.0 Å². The van der Waals surface area contributed by atoms with Gasteiger partial charge >= 0.3 is 0 Å². The number of ether oxygens (including phenoxy) is 4. The molecule has 1 atom stereocenters. The van der Waals surface area contributed by atoms with Crippen LogP contribution in [-0.4, -0.2) is 101 Å². The predicted molar refractivity (Wildman–Crippen MR) is 115 cm³/mol. The molecule has 12 nitrogen and oxygen atoms in total. The molecule has 0 saturated carbocycles. The largest absolute Gasteiger partial charge is 0.377 e. The lowest BCUT2D eigenvalue weighted by Crippen LogP contribution is -2.47. The van der Waals surface area contributed by atoms with Gasteiger partial charge in [-0.05, 0) is 0 Å². The van der Waals surface area contributed by atoms with Crippen LogP contribution in [0.25, 0.3) is 0 Å². The molecule has 0 bridgehead atoms. The van der Waals surface area contributed by atoms with E-state index in [-0.39, 0.29) is 57.2 Å². The van der Waals surface area contributed by atoms with Crippen molar-refractivity contribution in [3.8, 4) is 0 Å². The summed E-state index contributed by atoms with van der Waals surface area (Å²) in [6.07, 6.45) is 0.437. The number of hydrogen-bond donors (Lipinski definition) is 5. The molecule has 0 fully saturated rings. The van der Waals surface area contributed by atoms with Crippen molar-refractivity contribution >= 4 is 36.3 Å². The Labute approximate surface area is 187 Å². The van der Waals surface area contributed by atoms with Crippen molar-refractivity contribution in [1.29, 1.82) is 0 Å². The zero-order valence-corrected chi connectivity index (χ0v) is 18.7. The number of primary amides is 1. The average Bonchev–Trinajstić information content (AvgIpc) is 2.75. The van der Waals surface area contributed by atoms with Crippen LogP contribution in [0.5, 0.6) is 0 Å². The number of amides is 4. The van der Waals surface area contributed by atoms with Crippen LogP contribution in [0.15, 0.2) is 0 Å². The summed E-state index contributed by atoms with van der Waals surface area (Å²) in [5, 5.41) is 7.70. The van der Waals surface area contributed by atoms with Crippen molar-refractivity contribution in [2.24, 2.45) is 5.73 Å². The summed E-state index contributed by atoms with van der Waals surface area (Å²) >= 11 is 3.92. The molecule has 0 saturated heterocycles. The number of rotatable bonds is 20. The van der Waals surface area contributed by atoms with Crippen LogP contribution < -0.4 is 21.7 Å². The van der Waals surface area contributed by atoms with Crippen LogP contribution in [0, 0.1) is 0 Å². The fourth-order valence-electron chi connectivity index (χ4n) is 1.91. The maximum absolute atomic E-state index is 11.6. The van der Waals surface area contributed by atoms with Crippen molar-refractivity contribution in [3.63, 3.8) is 0 Å². The van der Waals surface area contributed by atoms with Gasteiger partial charge in [0.05, 0.1) is 39.6 Å². The lowest BCUT2D eigenvalue weighted by Gasteiger charge is -2.12. The normalized spacial score (nSPS) is 11.5. The summed E-state index contributed by atoms with van der Waals surface area (Å²) in [5.41, 5.74) is 5.09. The molecule has 0 aromatic rings. The monoisotopic (exact) mass is 466 g/mol. The van der Waals surface area contributed by atoms with Crippen LogP contribution in [0.3, 0.4) is 0 Å². The number of carbonyl (C=O) groups is 4. The molecule has 0 aromatic carbocycles. The molecule has 0 heterocycles. The first-order valence-electron chi connectivity index (χ1n) is 9.94. The van der Waals surface area contributed by atoms with E-state index in [1.165, 1.54) is 0 Å². The molecule has 0 aliphatic carbocycles. The number of thiol groups is 1. The van der Waals surface area contributed by atoms with E-state index in [1.807, 2.05) is 0 Å². The van der Waals surface area contributed by atoms with Crippen LogP contribution in [0.2, 0.25) is 0 Å². The Balaban J connectivity index is 3.42. The standard InChI is InChI=1S/C18H34N4O8S/c1-2-15(23)20-3-5-27-7-9-29-11-16(24)21-4-6-28-8-10-30-12-17(25)22-14(13-31)18(19)26/h14,31H,2-13H2,1H3,(H2,19,26)(H,20,23)(H,21,24)(H,22,25)/t14-/m1/s1. The number of hydrogen-bond acceptors (Lipinski definition) is 9. The second kappa shape index (κ2) is 20.0. The first-order chi connectivity index (χ1) is 14.9. The van der Waals surface area contributed by atoms with Gasteiger partial charge in [-0.1, -0.05) is 6.92 Å². The van der Waals surface area contributed by atoms with Gasteiger partial charge < -0.3 is 40.6 Å². The van der Waals surface area contributed by atoms with E-state index in [9.17, 15) is 19.2 Å². The smallest absolute Gasteiger partial charge is 0.246 e. The topological polar surface area (TPSA) is 167 Å². The molecule has 4 amide bonds. The fraction of sp³-hybridized carbons (Fsp3) is 0.778. The summed E-state index contributed by atoms with van der Waals surface area (Å²) in [5.74, 6) is -1.34. The number of nitrogens with two attached hydrogens (primary N) is 1. The quantitative estimate of drug-likeness (QED) is 0.0977. The third-order valence-electron chi connectivity index (χ3n) is 3.53. The van der Waals surface area contributed by atoms with Crippen LogP contribution >= 0.6 is 12.6 Å². The molecular formula is C18H34N4O8S. The minimum atomic E-state index is -0.837. The minimum Gasteiger partial charge on any atom is -0.377 e. The van der Waals surface area contributed by atoms with Gasteiger partial charge in [0.25, 0.3) is 0 Å². The van der Waals surface area contributed by atoms with E-state index in [2.05, 4.69) is 28.6 Å². The summed E-state index contributed by atoms with van der Waals surface area (Å²) in [6, 6.07) is -0.837. The second-order valence-electron chi connectivity index (χ2n) is 6.09. The molecule has 13 heteroatoms. The van der Waals surface area contributed by atoms with Crippen LogP contribution in [0.1, 0.15) is 13.3 Å². The summed E-state index contributed by atoms with van der Waals surface area (Å²) < 4.78 is 20.8. The van der Waals surface area contributed by atoms with Gasteiger partial charge in [-0.2, -0.15) is 12.6 Å². The Bertz CT molecular complexity index is 539. The second-order valence-corrected chi connectivity index (χ2v) is 6.45. The van der Waals surface area contributed by atoms with E-state index < -0.39 is 17.9 Å². The highest BCUT2D eigenvalue weighted by Gasteiger charge is 2.15. The average molecular weight is 467 g/mol. The summed E-state index contributed by atoms with van der Waals surface area (Å²) in [4.78, 5) is 45.1. The minimum absolute atomic E-state index is 0.0277. The third kappa shape index (κ3) is 18.5.